The Bertz CT molecular complexity index is 450. The molecular formula is C14H18BrNS2. The van der Waals surface area contributed by atoms with E-state index in [-0.39, 0.29) is 0 Å². The summed E-state index contributed by atoms with van der Waals surface area (Å²) in [4.78, 5) is 2.92. The first-order valence-corrected chi connectivity index (χ1v) is 8.84. The molecule has 1 unspecified atom stereocenters. The summed E-state index contributed by atoms with van der Waals surface area (Å²) in [5, 5.41) is 7.98. The van der Waals surface area contributed by atoms with Crippen molar-refractivity contribution in [2.75, 3.05) is 6.54 Å². The molecule has 4 heteroatoms. The maximum Gasteiger partial charge on any atom is 0.0418 e. The molecule has 2 aromatic rings. The van der Waals surface area contributed by atoms with Crippen LogP contribution < -0.4 is 5.32 Å². The number of hydrogen-bond acceptors (Lipinski definition) is 3. The summed E-state index contributed by atoms with van der Waals surface area (Å²) in [6.07, 6.45) is 3.52. The lowest BCUT2D eigenvalue weighted by atomic mass is 10.1. The zero-order valence-electron chi connectivity index (χ0n) is 10.5. The molecule has 1 atom stereocenters. The summed E-state index contributed by atoms with van der Waals surface area (Å²) in [7, 11) is 0. The molecule has 2 aromatic heterocycles. The van der Waals surface area contributed by atoms with E-state index in [0.717, 1.165) is 13.0 Å². The highest BCUT2D eigenvalue weighted by Gasteiger charge is 2.13. The Hall–Kier alpha value is -0.160. The van der Waals surface area contributed by atoms with Crippen LogP contribution in [0.25, 0.3) is 0 Å². The third-order valence-electron chi connectivity index (χ3n) is 2.83. The van der Waals surface area contributed by atoms with Gasteiger partial charge in [-0.2, -0.15) is 0 Å². The number of nitrogens with one attached hydrogen (secondary N) is 1. The van der Waals surface area contributed by atoms with Gasteiger partial charge in [-0.1, -0.05) is 13.0 Å². The maximum absolute atomic E-state index is 3.66. The highest BCUT2D eigenvalue weighted by molar-refractivity contribution is 9.10. The fourth-order valence-corrected chi connectivity index (χ4v) is 4.20. The van der Waals surface area contributed by atoms with Crippen molar-refractivity contribution in [3.05, 3.63) is 43.2 Å². The number of rotatable bonds is 7. The highest BCUT2D eigenvalue weighted by Crippen LogP contribution is 2.29. The van der Waals surface area contributed by atoms with Crippen molar-refractivity contribution in [2.24, 2.45) is 0 Å². The van der Waals surface area contributed by atoms with Crippen LogP contribution in [0.2, 0.25) is 0 Å². The Morgan fingerprint density at radius 1 is 1.39 bits per heavy atom. The van der Waals surface area contributed by atoms with Crippen molar-refractivity contribution in [3.63, 3.8) is 0 Å². The molecule has 0 fully saturated rings. The average Bonchev–Trinajstić information content (AvgIpc) is 3.01. The molecule has 2 heterocycles. The van der Waals surface area contributed by atoms with Gasteiger partial charge >= 0.3 is 0 Å². The zero-order valence-corrected chi connectivity index (χ0v) is 13.7. The van der Waals surface area contributed by atoms with Gasteiger partial charge in [0.05, 0.1) is 0 Å². The molecule has 0 aliphatic carbocycles. The monoisotopic (exact) mass is 343 g/mol. The van der Waals surface area contributed by atoms with Gasteiger partial charge in [0.25, 0.3) is 0 Å². The van der Waals surface area contributed by atoms with Crippen molar-refractivity contribution < 1.29 is 0 Å². The topological polar surface area (TPSA) is 12.0 Å². The van der Waals surface area contributed by atoms with Crippen molar-refractivity contribution in [1.29, 1.82) is 0 Å². The quantitative estimate of drug-likeness (QED) is 0.724. The van der Waals surface area contributed by atoms with Crippen LogP contribution in [-0.2, 0) is 6.42 Å². The number of thiophene rings is 2. The zero-order chi connectivity index (χ0) is 12.8. The predicted molar refractivity (Wildman–Crippen MR) is 85.7 cm³/mol. The molecule has 0 aliphatic heterocycles. The van der Waals surface area contributed by atoms with Crippen molar-refractivity contribution >= 4 is 38.6 Å². The van der Waals surface area contributed by atoms with Gasteiger partial charge in [-0.05, 0) is 59.2 Å². The van der Waals surface area contributed by atoms with Gasteiger partial charge in [0.1, 0.15) is 0 Å². The molecule has 18 heavy (non-hydrogen) atoms. The van der Waals surface area contributed by atoms with Crippen LogP contribution in [0.3, 0.4) is 0 Å². The van der Waals surface area contributed by atoms with Gasteiger partial charge in [-0.15, -0.1) is 22.7 Å². The number of halogens is 1. The molecule has 0 spiro atoms. The van der Waals surface area contributed by atoms with E-state index < -0.39 is 0 Å². The molecular weight excluding hydrogens is 326 g/mol. The Kier molecular flexibility index (Phi) is 5.89. The molecule has 0 aromatic carbocycles. The maximum atomic E-state index is 3.66. The van der Waals surface area contributed by atoms with E-state index in [0.29, 0.717) is 6.04 Å². The number of hydrogen-bond donors (Lipinski definition) is 1. The first kappa shape index (κ1) is 14.3. The highest BCUT2D eigenvalue weighted by atomic mass is 79.9. The van der Waals surface area contributed by atoms with E-state index in [9.17, 15) is 0 Å². The predicted octanol–water partition coefficient (Wildman–Crippen LogP) is 5.25. The second kappa shape index (κ2) is 7.43. The minimum atomic E-state index is 0.489. The van der Waals surface area contributed by atoms with Crippen molar-refractivity contribution in [2.45, 2.75) is 32.2 Å². The summed E-state index contributed by atoms with van der Waals surface area (Å²) in [5.41, 5.74) is 0. The van der Waals surface area contributed by atoms with Crippen LogP contribution >= 0.6 is 38.6 Å². The molecule has 0 aliphatic rings. The van der Waals surface area contributed by atoms with Crippen molar-refractivity contribution in [1.82, 2.24) is 5.32 Å². The van der Waals surface area contributed by atoms with Crippen molar-refractivity contribution in [3.8, 4) is 0 Å². The summed E-state index contributed by atoms with van der Waals surface area (Å²) in [6.45, 7) is 3.30. The molecule has 0 saturated carbocycles. The van der Waals surface area contributed by atoms with Crippen LogP contribution in [0.5, 0.6) is 0 Å². The molecule has 0 saturated heterocycles. The molecule has 0 amide bonds. The Morgan fingerprint density at radius 3 is 2.89 bits per heavy atom. The summed E-state index contributed by atoms with van der Waals surface area (Å²) >= 11 is 7.24. The lowest BCUT2D eigenvalue weighted by Crippen LogP contribution is -2.21. The largest absolute Gasteiger partial charge is 0.309 e. The fourth-order valence-electron chi connectivity index (χ4n) is 1.92. The third kappa shape index (κ3) is 4.19. The summed E-state index contributed by atoms with van der Waals surface area (Å²) in [6, 6.07) is 7.09. The van der Waals surface area contributed by atoms with E-state index in [2.05, 4.69) is 57.1 Å². The van der Waals surface area contributed by atoms with E-state index in [1.807, 2.05) is 22.7 Å². The van der Waals surface area contributed by atoms with Gasteiger partial charge in [0.15, 0.2) is 0 Å². The normalized spacial score (nSPS) is 12.8. The van der Waals surface area contributed by atoms with Crippen LogP contribution in [0.1, 0.15) is 35.6 Å². The number of aryl methyl sites for hydroxylation is 1. The SMILES string of the molecule is CCCNC(CCc1cccs1)c1cc(Br)cs1. The molecule has 1 nitrogen and oxygen atoms in total. The smallest absolute Gasteiger partial charge is 0.0418 e. The minimum absolute atomic E-state index is 0.489. The van der Waals surface area contributed by atoms with Gasteiger partial charge in [0, 0.05) is 25.6 Å². The molecule has 0 radical (unpaired) electrons. The van der Waals surface area contributed by atoms with Crippen LogP contribution in [-0.4, -0.2) is 6.54 Å². The van der Waals surface area contributed by atoms with Crippen LogP contribution in [0.4, 0.5) is 0 Å². The Morgan fingerprint density at radius 2 is 2.28 bits per heavy atom. The van der Waals surface area contributed by atoms with Crippen LogP contribution in [0, 0.1) is 0 Å². The van der Waals surface area contributed by atoms with Crippen LogP contribution in [0.15, 0.2) is 33.4 Å². The van der Waals surface area contributed by atoms with Gasteiger partial charge in [-0.25, -0.2) is 0 Å². The van der Waals surface area contributed by atoms with Gasteiger partial charge < -0.3 is 5.32 Å². The molecule has 1 N–H and O–H groups in total. The average molecular weight is 344 g/mol. The molecule has 2 rings (SSSR count). The second-order valence-electron chi connectivity index (χ2n) is 4.29. The Balaban J connectivity index is 1.96. The second-order valence-corrected chi connectivity index (χ2v) is 7.18. The molecule has 98 valence electrons. The summed E-state index contributed by atoms with van der Waals surface area (Å²) < 4.78 is 1.20. The summed E-state index contributed by atoms with van der Waals surface area (Å²) in [5.74, 6) is 0. The first-order valence-electron chi connectivity index (χ1n) is 6.29. The Labute approximate surface area is 125 Å². The first-order chi connectivity index (χ1) is 8.79. The minimum Gasteiger partial charge on any atom is -0.309 e. The van der Waals surface area contributed by atoms with Gasteiger partial charge in [0.2, 0.25) is 0 Å². The fraction of sp³-hybridized carbons (Fsp3) is 0.429. The molecule has 0 bridgehead atoms. The lowest BCUT2D eigenvalue weighted by Gasteiger charge is -2.16. The van der Waals surface area contributed by atoms with Gasteiger partial charge in [-0.3, -0.25) is 0 Å². The van der Waals surface area contributed by atoms with E-state index in [4.69, 9.17) is 0 Å². The van der Waals surface area contributed by atoms with E-state index in [1.54, 1.807) is 0 Å². The lowest BCUT2D eigenvalue weighted by molar-refractivity contribution is 0.507. The third-order valence-corrected chi connectivity index (χ3v) is 5.57. The van der Waals surface area contributed by atoms with E-state index in [1.165, 1.54) is 27.1 Å². The standard InChI is InChI=1S/C14H18BrNS2/c1-2-7-16-13(14-9-11(15)10-18-14)6-5-12-4-3-8-17-12/h3-4,8-10,13,16H,2,5-7H2,1H3. The van der Waals surface area contributed by atoms with E-state index >= 15 is 0 Å².